The summed E-state index contributed by atoms with van der Waals surface area (Å²) in [4.78, 5) is 18.0. The lowest BCUT2D eigenvalue weighted by atomic mass is 9.92. The van der Waals surface area contributed by atoms with Crippen LogP contribution in [0.4, 0.5) is 0 Å². The second-order valence-electron chi connectivity index (χ2n) is 5.67. The Hall–Kier alpha value is -0.950. The van der Waals surface area contributed by atoms with Gasteiger partial charge in [0.25, 0.3) is 0 Å². The van der Waals surface area contributed by atoms with Gasteiger partial charge in [-0.05, 0) is 25.2 Å². The molecule has 3 unspecified atom stereocenters. The van der Waals surface area contributed by atoms with E-state index in [4.69, 9.17) is 0 Å². The molecule has 0 aromatic carbocycles. The molecule has 112 valence electrons. The van der Waals surface area contributed by atoms with Crippen molar-refractivity contribution in [1.82, 2.24) is 9.88 Å². The van der Waals surface area contributed by atoms with E-state index in [1.54, 1.807) is 10.3 Å². The smallest absolute Gasteiger partial charge is 0.241 e. The Morgan fingerprint density at radius 1 is 1.40 bits per heavy atom. The zero-order chi connectivity index (χ0) is 14.9. The van der Waals surface area contributed by atoms with Crippen LogP contribution in [-0.2, 0) is 14.6 Å². The van der Waals surface area contributed by atoms with Crippen LogP contribution in [0.5, 0.6) is 0 Å². The maximum atomic E-state index is 12.5. The third kappa shape index (κ3) is 3.03. The Morgan fingerprint density at radius 2 is 2.00 bits per heavy atom. The first-order valence-corrected chi connectivity index (χ1v) is 9.17. The number of carbonyl (C=O) groups is 1. The number of likely N-dealkylation sites (tertiary alicyclic amines) is 1. The van der Waals surface area contributed by atoms with Gasteiger partial charge in [-0.1, -0.05) is 13.8 Å². The van der Waals surface area contributed by atoms with Crippen LogP contribution in [0, 0.1) is 11.8 Å². The molecule has 5 nitrogen and oxygen atoms in total. The van der Waals surface area contributed by atoms with E-state index in [1.807, 2.05) is 0 Å². The van der Waals surface area contributed by atoms with E-state index in [1.165, 1.54) is 13.1 Å². The van der Waals surface area contributed by atoms with Gasteiger partial charge in [0.15, 0.2) is 0 Å². The maximum absolute atomic E-state index is 12.5. The van der Waals surface area contributed by atoms with Gasteiger partial charge in [0.05, 0.1) is 0 Å². The van der Waals surface area contributed by atoms with Crippen LogP contribution in [0.2, 0.25) is 0 Å². The van der Waals surface area contributed by atoms with E-state index in [0.717, 1.165) is 17.8 Å². The molecule has 0 spiro atoms. The Balaban J connectivity index is 2.17. The Kier molecular flexibility index (Phi) is 4.49. The molecule has 1 fully saturated rings. The minimum atomic E-state index is -3.66. The summed E-state index contributed by atoms with van der Waals surface area (Å²) < 4.78 is 24.7. The Labute approximate surface area is 123 Å². The van der Waals surface area contributed by atoms with Gasteiger partial charge in [-0.15, -0.1) is 11.3 Å². The number of sulfone groups is 1. The van der Waals surface area contributed by atoms with E-state index in [0.29, 0.717) is 24.9 Å². The molecule has 7 heteroatoms. The molecule has 20 heavy (non-hydrogen) atoms. The van der Waals surface area contributed by atoms with Crippen LogP contribution in [0.25, 0.3) is 0 Å². The largest absolute Gasteiger partial charge is 0.341 e. The second kappa shape index (κ2) is 5.81. The summed E-state index contributed by atoms with van der Waals surface area (Å²) in [5.74, 6) is 0.522. The second-order valence-corrected chi connectivity index (χ2v) is 9.01. The third-order valence-electron chi connectivity index (χ3n) is 3.65. The minimum absolute atomic E-state index is 0.0245. The molecule has 1 aliphatic rings. The lowest BCUT2D eigenvalue weighted by molar-refractivity contribution is -0.133. The highest BCUT2D eigenvalue weighted by atomic mass is 32.2. The van der Waals surface area contributed by atoms with Crippen LogP contribution < -0.4 is 0 Å². The van der Waals surface area contributed by atoms with Crippen molar-refractivity contribution in [3.63, 3.8) is 0 Å². The topological polar surface area (TPSA) is 67.3 Å². The van der Waals surface area contributed by atoms with Crippen molar-refractivity contribution >= 4 is 27.1 Å². The van der Waals surface area contributed by atoms with Crippen molar-refractivity contribution in [3.8, 4) is 0 Å². The number of carbonyl (C=O) groups excluding carboxylic acids is 1. The van der Waals surface area contributed by atoms with Gasteiger partial charge < -0.3 is 4.90 Å². The van der Waals surface area contributed by atoms with Crippen LogP contribution in [0.1, 0.15) is 27.2 Å². The maximum Gasteiger partial charge on any atom is 0.241 e. The molecule has 1 aromatic heterocycles. The molecular formula is C13H20N2O3S2. The number of hydrogen-bond donors (Lipinski definition) is 0. The molecule has 3 atom stereocenters. The van der Waals surface area contributed by atoms with Gasteiger partial charge in [-0.25, -0.2) is 13.4 Å². The predicted octanol–water partition coefficient (Wildman–Crippen LogP) is 1.81. The first-order valence-electron chi connectivity index (χ1n) is 6.74. The zero-order valence-electron chi connectivity index (χ0n) is 11.9. The normalized spacial score (nSPS) is 25.4. The highest BCUT2D eigenvalue weighted by Crippen LogP contribution is 2.24. The quantitative estimate of drug-likeness (QED) is 0.853. The molecule has 0 bridgehead atoms. The summed E-state index contributed by atoms with van der Waals surface area (Å²) in [6.07, 6.45) is 2.52. The molecule has 0 radical (unpaired) electrons. The molecule has 2 heterocycles. The minimum Gasteiger partial charge on any atom is -0.341 e. The molecular weight excluding hydrogens is 296 g/mol. The van der Waals surface area contributed by atoms with Gasteiger partial charge in [-0.3, -0.25) is 4.79 Å². The van der Waals surface area contributed by atoms with Gasteiger partial charge in [0.1, 0.15) is 5.25 Å². The first kappa shape index (κ1) is 15.4. The number of amides is 1. The lowest BCUT2D eigenvalue weighted by Crippen LogP contribution is -2.48. The van der Waals surface area contributed by atoms with E-state index < -0.39 is 15.1 Å². The van der Waals surface area contributed by atoms with Crippen molar-refractivity contribution in [1.29, 1.82) is 0 Å². The molecule has 1 aromatic rings. The number of aromatic nitrogens is 1. The summed E-state index contributed by atoms with van der Waals surface area (Å²) in [7, 11) is -3.66. The van der Waals surface area contributed by atoms with Crippen molar-refractivity contribution in [2.75, 3.05) is 13.1 Å². The van der Waals surface area contributed by atoms with E-state index in [-0.39, 0.29) is 10.2 Å². The van der Waals surface area contributed by atoms with E-state index in [2.05, 4.69) is 18.8 Å². The Morgan fingerprint density at radius 3 is 2.50 bits per heavy atom. The molecule has 0 aliphatic carbocycles. The van der Waals surface area contributed by atoms with Crippen molar-refractivity contribution < 1.29 is 13.2 Å². The SMILES string of the molecule is CC1CC(C)CN(C(=O)C(C)S(=O)(=O)c2nccs2)C1. The average Bonchev–Trinajstić information content (AvgIpc) is 2.90. The molecule has 0 N–H and O–H groups in total. The number of nitrogens with zero attached hydrogens (tertiary/aromatic N) is 2. The fourth-order valence-corrected chi connectivity index (χ4v) is 5.16. The predicted molar refractivity (Wildman–Crippen MR) is 78.3 cm³/mol. The van der Waals surface area contributed by atoms with Crippen LogP contribution >= 0.6 is 11.3 Å². The van der Waals surface area contributed by atoms with Crippen molar-refractivity contribution in [3.05, 3.63) is 11.6 Å². The first-order chi connectivity index (χ1) is 9.32. The number of hydrogen-bond acceptors (Lipinski definition) is 5. The molecule has 1 amide bonds. The number of piperidine rings is 1. The summed E-state index contributed by atoms with van der Waals surface area (Å²) in [5, 5.41) is 0.543. The van der Waals surface area contributed by atoms with Gasteiger partial charge in [0, 0.05) is 24.7 Å². The number of thiazole rings is 1. The fraction of sp³-hybridized carbons (Fsp3) is 0.692. The molecule has 2 rings (SSSR count). The molecule has 0 saturated carbocycles. The Bertz CT molecular complexity index is 558. The van der Waals surface area contributed by atoms with Gasteiger partial charge >= 0.3 is 0 Å². The molecule has 1 aliphatic heterocycles. The van der Waals surface area contributed by atoms with Crippen LogP contribution in [-0.4, -0.2) is 42.5 Å². The number of rotatable bonds is 3. The van der Waals surface area contributed by atoms with E-state index in [9.17, 15) is 13.2 Å². The summed E-state index contributed by atoms with van der Waals surface area (Å²) in [6, 6.07) is 0. The van der Waals surface area contributed by atoms with Gasteiger partial charge in [-0.2, -0.15) is 0 Å². The summed E-state index contributed by atoms with van der Waals surface area (Å²) in [5.41, 5.74) is 0. The highest BCUT2D eigenvalue weighted by Gasteiger charge is 2.36. The molecule has 1 saturated heterocycles. The summed E-state index contributed by atoms with van der Waals surface area (Å²) >= 11 is 1.05. The van der Waals surface area contributed by atoms with Crippen molar-refractivity contribution in [2.24, 2.45) is 11.8 Å². The van der Waals surface area contributed by atoms with Crippen molar-refractivity contribution in [2.45, 2.75) is 36.8 Å². The zero-order valence-corrected chi connectivity index (χ0v) is 13.6. The van der Waals surface area contributed by atoms with Crippen LogP contribution in [0.3, 0.4) is 0 Å². The fourth-order valence-electron chi connectivity index (χ4n) is 2.73. The van der Waals surface area contributed by atoms with E-state index >= 15 is 0 Å². The summed E-state index contributed by atoms with van der Waals surface area (Å²) in [6.45, 7) is 6.93. The lowest BCUT2D eigenvalue weighted by Gasteiger charge is -2.36. The highest BCUT2D eigenvalue weighted by molar-refractivity contribution is 7.94. The van der Waals surface area contributed by atoms with Gasteiger partial charge in [0.2, 0.25) is 20.1 Å². The third-order valence-corrected chi connectivity index (χ3v) is 6.92. The average molecular weight is 316 g/mol. The van der Waals surface area contributed by atoms with Crippen LogP contribution in [0.15, 0.2) is 15.9 Å². The standard InChI is InChI=1S/C13H20N2O3S2/c1-9-6-10(2)8-15(7-9)12(16)11(3)20(17,18)13-14-4-5-19-13/h4-5,9-11H,6-8H2,1-3H3. The monoisotopic (exact) mass is 316 g/mol.